The van der Waals surface area contributed by atoms with Gasteiger partial charge in [-0.15, -0.1) is 0 Å². The van der Waals surface area contributed by atoms with Crippen LogP contribution in [0.1, 0.15) is 62.1 Å². The molecule has 1 fully saturated rings. The fourth-order valence-electron chi connectivity index (χ4n) is 5.66. The van der Waals surface area contributed by atoms with Crippen molar-refractivity contribution in [1.82, 2.24) is 10.2 Å². The number of carbonyl (C=O) groups is 2. The standard InChI is InChI=1S/C34H41Cl2N3O4S/c1-3-25-15-19-30(20-16-25)39(44(2,42)43)21-9-14-33(40)38(24-27-17-18-28(35)23-31(27)36)32(22-26-10-5-4-6-11-26)34(41)37-29-12-7-8-13-29/h4-6,10-11,15-20,23,29,32H,3,7-9,12-14,21-22,24H2,1-2H3,(H,37,41)/t32-/m1/s1. The highest BCUT2D eigenvalue weighted by Crippen LogP contribution is 2.26. The molecule has 1 saturated carbocycles. The fraction of sp³-hybridized carbons (Fsp3) is 0.412. The van der Waals surface area contributed by atoms with Crippen LogP contribution in [0.25, 0.3) is 0 Å². The Kier molecular flexibility index (Phi) is 12.1. The number of benzene rings is 3. The van der Waals surface area contributed by atoms with Gasteiger partial charge in [0, 0.05) is 42.0 Å². The van der Waals surface area contributed by atoms with Crippen molar-refractivity contribution in [1.29, 1.82) is 0 Å². The predicted octanol–water partition coefficient (Wildman–Crippen LogP) is 6.80. The van der Waals surface area contributed by atoms with Crippen molar-refractivity contribution >= 4 is 50.7 Å². The van der Waals surface area contributed by atoms with Gasteiger partial charge in [0.2, 0.25) is 21.8 Å². The molecule has 10 heteroatoms. The van der Waals surface area contributed by atoms with Gasteiger partial charge in [-0.3, -0.25) is 13.9 Å². The number of nitrogens with one attached hydrogen (secondary N) is 1. The summed E-state index contributed by atoms with van der Waals surface area (Å²) in [5.74, 6) is -0.457. The summed E-state index contributed by atoms with van der Waals surface area (Å²) in [6.45, 7) is 2.28. The van der Waals surface area contributed by atoms with Gasteiger partial charge in [-0.1, -0.05) is 91.5 Å². The molecular weight excluding hydrogens is 617 g/mol. The summed E-state index contributed by atoms with van der Waals surface area (Å²) in [6, 6.07) is 21.4. The molecule has 0 saturated heterocycles. The molecule has 1 aliphatic rings. The van der Waals surface area contributed by atoms with E-state index >= 15 is 0 Å². The monoisotopic (exact) mass is 657 g/mol. The number of hydrogen-bond acceptors (Lipinski definition) is 4. The Labute approximate surface area is 271 Å². The molecule has 4 rings (SSSR count). The minimum Gasteiger partial charge on any atom is -0.352 e. The molecule has 2 amide bonds. The normalized spacial score (nSPS) is 14.3. The summed E-state index contributed by atoms with van der Waals surface area (Å²) in [7, 11) is -3.58. The van der Waals surface area contributed by atoms with Crippen molar-refractivity contribution in [3.63, 3.8) is 0 Å². The summed E-state index contributed by atoms with van der Waals surface area (Å²) in [6.07, 6.45) is 6.63. The summed E-state index contributed by atoms with van der Waals surface area (Å²) < 4.78 is 26.8. The summed E-state index contributed by atoms with van der Waals surface area (Å²) >= 11 is 12.7. The lowest BCUT2D eigenvalue weighted by molar-refractivity contribution is -0.141. The van der Waals surface area contributed by atoms with E-state index in [0.29, 0.717) is 27.7 Å². The molecule has 0 heterocycles. The van der Waals surface area contributed by atoms with E-state index in [1.807, 2.05) is 49.4 Å². The zero-order valence-corrected chi connectivity index (χ0v) is 27.7. The van der Waals surface area contributed by atoms with Crippen LogP contribution < -0.4 is 9.62 Å². The lowest BCUT2D eigenvalue weighted by Gasteiger charge is -2.33. The van der Waals surface area contributed by atoms with Gasteiger partial charge >= 0.3 is 0 Å². The van der Waals surface area contributed by atoms with Crippen LogP contribution in [0.4, 0.5) is 5.69 Å². The lowest BCUT2D eigenvalue weighted by atomic mass is 10.0. The highest BCUT2D eigenvalue weighted by atomic mass is 35.5. The predicted molar refractivity (Wildman–Crippen MR) is 179 cm³/mol. The van der Waals surface area contributed by atoms with Gasteiger partial charge in [0.05, 0.1) is 11.9 Å². The average molecular weight is 659 g/mol. The van der Waals surface area contributed by atoms with Gasteiger partial charge in [0.1, 0.15) is 6.04 Å². The SMILES string of the molecule is CCc1ccc(N(CCCC(=O)N(Cc2ccc(Cl)cc2Cl)[C@H](Cc2ccccc2)C(=O)NC2CCCC2)S(C)(=O)=O)cc1. The van der Waals surface area contributed by atoms with E-state index in [0.717, 1.165) is 43.2 Å². The molecule has 0 aliphatic heterocycles. The Morgan fingerprint density at radius 2 is 1.64 bits per heavy atom. The number of rotatable bonds is 14. The number of sulfonamides is 1. The van der Waals surface area contributed by atoms with Crippen LogP contribution in [0.5, 0.6) is 0 Å². The number of aryl methyl sites for hydroxylation is 1. The molecule has 1 N–H and O–H groups in total. The first-order chi connectivity index (χ1) is 21.0. The van der Waals surface area contributed by atoms with Crippen molar-refractivity contribution in [2.24, 2.45) is 0 Å². The molecule has 0 aromatic heterocycles. The zero-order chi connectivity index (χ0) is 31.7. The number of hydrogen-bond donors (Lipinski definition) is 1. The van der Waals surface area contributed by atoms with Gasteiger partial charge < -0.3 is 10.2 Å². The van der Waals surface area contributed by atoms with Gasteiger partial charge in [-0.25, -0.2) is 8.42 Å². The number of nitrogens with zero attached hydrogens (tertiary/aromatic N) is 2. The van der Waals surface area contributed by atoms with Crippen LogP contribution in [0.3, 0.4) is 0 Å². The maximum Gasteiger partial charge on any atom is 0.243 e. The Morgan fingerprint density at radius 1 is 0.955 bits per heavy atom. The molecule has 1 atom stereocenters. The van der Waals surface area contributed by atoms with Crippen LogP contribution in [0, 0.1) is 0 Å². The Hall–Kier alpha value is -3.07. The average Bonchev–Trinajstić information content (AvgIpc) is 3.51. The van der Waals surface area contributed by atoms with E-state index in [2.05, 4.69) is 5.32 Å². The molecule has 0 unspecified atom stereocenters. The second-order valence-electron chi connectivity index (χ2n) is 11.4. The molecule has 0 spiro atoms. The van der Waals surface area contributed by atoms with Crippen molar-refractivity contribution in [3.8, 4) is 0 Å². The Bertz CT molecular complexity index is 1510. The van der Waals surface area contributed by atoms with E-state index in [4.69, 9.17) is 23.2 Å². The van der Waals surface area contributed by atoms with E-state index in [9.17, 15) is 18.0 Å². The van der Waals surface area contributed by atoms with Crippen LogP contribution in [-0.2, 0) is 39.0 Å². The maximum atomic E-state index is 14.1. The van der Waals surface area contributed by atoms with E-state index < -0.39 is 16.1 Å². The molecule has 1 aliphatic carbocycles. The third-order valence-corrected chi connectivity index (χ3v) is 9.89. The minimum atomic E-state index is -3.58. The first kappa shape index (κ1) is 33.8. The van der Waals surface area contributed by atoms with Gasteiger partial charge in [-0.2, -0.15) is 0 Å². The zero-order valence-electron chi connectivity index (χ0n) is 25.3. The molecule has 7 nitrogen and oxygen atoms in total. The molecule has 0 radical (unpaired) electrons. The summed E-state index contributed by atoms with van der Waals surface area (Å²) in [5, 5.41) is 4.08. The van der Waals surface area contributed by atoms with E-state index in [1.165, 1.54) is 10.6 Å². The third-order valence-electron chi connectivity index (χ3n) is 8.11. The second kappa shape index (κ2) is 15.8. The smallest absolute Gasteiger partial charge is 0.243 e. The molecular formula is C34H41Cl2N3O4S. The van der Waals surface area contributed by atoms with Crippen LogP contribution >= 0.6 is 23.2 Å². The van der Waals surface area contributed by atoms with E-state index in [1.54, 1.807) is 35.2 Å². The van der Waals surface area contributed by atoms with Crippen LogP contribution in [0.15, 0.2) is 72.8 Å². The largest absolute Gasteiger partial charge is 0.352 e. The molecule has 3 aromatic carbocycles. The molecule has 236 valence electrons. The first-order valence-electron chi connectivity index (χ1n) is 15.2. The first-order valence-corrected chi connectivity index (χ1v) is 17.8. The second-order valence-corrected chi connectivity index (χ2v) is 14.2. The molecule has 3 aromatic rings. The van der Waals surface area contributed by atoms with Gasteiger partial charge in [0.15, 0.2) is 0 Å². The summed E-state index contributed by atoms with van der Waals surface area (Å²) in [5.41, 5.74) is 3.26. The quantitative estimate of drug-likeness (QED) is 0.207. The number of amides is 2. The van der Waals surface area contributed by atoms with Gasteiger partial charge in [-0.05, 0) is 66.6 Å². The maximum absolute atomic E-state index is 14.1. The Balaban J connectivity index is 1.60. The fourth-order valence-corrected chi connectivity index (χ4v) is 7.09. The minimum absolute atomic E-state index is 0.0479. The van der Waals surface area contributed by atoms with Crippen LogP contribution in [-0.4, -0.2) is 50.0 Å². The third kappa shape index (κ3) is 9.46. The lowest BCUT2D eigenvalue weighted by Crippen LogP contribution is -2.52. The van der Waals surface area contributed by atoms with E-state index in [-0.39, 0.29) is 43.8 Å². The van der Waals surface area contributed by atoms with Crippen molar-refractivity contribution < 1.29 is 18.0 Å². The highest BCUT2D eigenvalue weighted by molar-refractivity contribution is 7.92. The topological polar surface area (TPSA) is 86.8 Å². The highest BCUT2D eigenvalue weighted by Gasteiger charge is 2.32. The van der Waals surface area contributed by atoms with Gasteiger partial charge in [0.25, 0.3) is 0 Å². The molecule has 44 heavy (non-hydrogen) atoms. The Morgan fingerprint density at radius 3 is 2.25 bits per heavy atom. The number of anilines is 1. The van der Waals surface area contributed by atoms with Crippen molar-refractivity contribution in [2.75, 3.05) is 17.1 Å². The van der Waals surface area contributed by atoms with Crippen molar-refractivity contribution in [3.05, 3.63) is 99.5 Å². The number of halogens is 2. The van der Waals surface area contributed by atoms with Crippen LogP contribution in [0.2, 0.25) is 10.0 Å². The summed E-state index contributed by atoms with van der Waals surface area (Å²) in [4.78, 5) is 29.5. The molecule has 0 bridgehead atoms. The number of carbonyl (C=O) groups excluding carboxylic acids is 2. The van der Waals surface area contributed by atoms with Crippen molar-refractivity contribution in [2.45, 2.75) is 76.9 Å².